The van der Waals surface area contributed by atoms with Crippen molar-refractivity contribution in [3.05, 3.63) is 0 Å². The van der Waals surface area contributed by atoms with Crippen molar-refractivity contribution in [2.24, 2.45) is 46.8 Å². The predicted octanol–water partition coefficient (Wildman–Crippen LogP) is 7.24. The van der Waals surface area contributed by atoms with Crippen LogP contribution in [0.3, 0.4) is 0 Å². The van der Waals surface area contributed by atoms with Crippen molar-refractivity contribution in [1.29, 1.82) is 0 Å². The van der Waals surface area contributed by atoms with E-state index in [1.807, 2.05) is 0 Å². The molecule has 2 heteroatoms. The first-order valence-electron chi connectivity index (χ1n) is 13.7. The van der Waals surface area contributed by atoms with Crippen molar-refractivity contribution in [1.82, 2.24) is 0 Å². The summed E-state index contributed by atoms with van der Waals surface area (Å²) in [4.78, 5) is 0. The normalized spacial score (nSPS) is 46.3. The maximum atomic E-state index is 9.39. The van der Waals surface area contributed by atoms with E-state index in [0.717, 1.165) is 42.4 Å². The van der Waals surface area contributed by atoms with Crippen LogP contribution in [0.5, 0.6) is 0 Å². The van der Waals surface area contributed by atoms with Gasteiger partial charge in [-0.3, -0.25) is 0 Å². The minimum absolute atomic E-state index is 0.316. The van der Waals surface area contributed by atoms with Gasteiger partial charge in [0.2, 0.25) is 0 Å². The van der Waals surface area contributed by atoms with Crippen LogP contribution in [-0.4, -0.2) is 23.9 Å². The quantitative estimate of drug-likeness (QED) is 0.400. The number of aliphatic hydroxyl groups is 1. The smallest absolute Gasteiger partial charge is 0.0618 e. The molecule has 3 unspecified atom stereocenters. The molecule has 0 aromatic rings. The number of unbranched alkanes of at least 4 members (excludes halogenated alkanes) is 3. The molecule has 3 saturated carbocycles. The minimum atomic E-state index is 0.316. The molecule has 1 heterocycles. The van der Waals surface area contributed by atoms with E-state index in [0.29, 0.717) is 36.1 Å². The van der Waals surface area contributed by atoms with Gasteiger partial charge in [-0.15, -0.1) is 0 Å². The van der Waals surface area contributed by atoms with E-state index in [4.69, 9.17) is 4.74 Å². The fourth-order valence-corrected chi connectivity index (χ4v) is 8.75. The standard InChI is InChI=1S/C28H50O2/c1-5-6-7-8-9-21-11-12-23-22(16-21)14-15-28(4)24(23)17-26-27(28)20(3)25(30-26)13-10-19(2)18-29/h19-27,29H,5-18H2,1-4H3/t19-,20+,21-,22+,23+,24-,25?,26?,27?,28-/m0/s1. The van der Waals surface area contributed by atoms with Crippen molar-refractivity contribution in [3.8, 4) is 0 Å². The highest BCUT2D eigenvalue weighted by molar-refractivity contribution is 5.11. The van der Waals surface area contributed by atoms with Gasteiger partial charge in [-0.1, -0.05) is 66.2 Å². The van der Waals surface area contributed by atoms with E-state index in [1.54, 1.807) is 0 Å². The highest BCUT2D eigenvalue weighted by atomic mass is 16.5. The van der Waals surface area contributed by atoms with Gasteiger partial charge in [0, 0.05) is 6.61 Å². The van der Waals surface area contributed by atoms with Crippen molar-refractivity contribution < 1.29 is 9.84 Å². The van der Waals surface area contributed by atoms with E-state index in [9.17, 15) is 5.11 Å². The summed E-state index contributed by atoms with van der Waals surface area (Å²) >= 11 is 0. The molecule has 0 bridgehead atoms. The molecule has 1 saturated heterocycles. The Kier molecular flexibility index (Phi) is 7.56. The van der Waals surface area contributed by atoms with Gasteiger partial charge in [0.25, 0.3) is 0 Å². The van der Waals surface area contributed by atoms with Gasteiger partial charge < -0.3 is 9.84 Å². The number of ether oxygens (including phenoxy) is 1. The fraction of sp³-hybridized carbons (Fsp3) is 1.00. The second-order valence-corrected chi connectivity index (χ2v) is 12.3. The molecular weight excluding hydrogens is 368 g/mol. The number of hydrogen-bond donors (Lipinski definition) is 1. The van der Waals surface area contributed by atoms with Crippen LogP contribution < -0.4 is 0 Å². The van der Waals surface area contributed by atoms with Gasteiger partial charge in [0.1, 0.15) is 0 Å². The summed E-state index contributed by atoms with van der Waals surface area (Å²) in [6.07, 6.45) is 19.3. The zero-order valence-electron chi connectivity index (χ0n) is 20.5. The molecule has 4 aliphatic rings. The first-order valence-corrected chi connectivity index (χ1v) is 13.7. The molecular formula is C28H50O2. The van der Waals surface area contributed by atoms with E-state index in [2.05, 4.69) is 27.7 Å². The van der Waals surface area contributed by atoms with Gasteiger partial charge in [0.15, 0.2) is 0 Å². The average molecular weight is 419 g/mol. The maximum absolute atomic E-state index is 9.39. The summed E-state index contributed by atoms with van der Waals surface area (Å²) in [6, 6.07) is 0. The molecule has 4 fully saturated rings. The lowest BCUT2D eigenvalue weighted by Gasteiger charge is -2.52. The first-order chi connectivity index (χ1) is 14.5. The average Bonchev–Trinajstić information content (AvgIpc) is 3.23. The monoisotopic (exact) mass is 418 g/mol. The molecule has 0 radical (unpaired) electrons. The Balaban J connectivity index is 1.34. The molecule has 0 aromatic heterocycles. The van der Waals surface area contributed by atoms with Crippen LogP contribution in [0.4, 0.5) is 0 Å². The molecule has 3 aliphatic carbocycles. The largest absolute Gasteiger partial charge is 0.396 e. The molecule has 2 nitrogen and oxygen atoms in total. The topological polar surface area (TPSA) is 29.5 Å². The van der Waals surface area contributed by atoms with Gasteiger partial charge in [-0.25, -0.2) is 0 Å². The molecule has 1 N–H and O–H groups in total. The summed E-state index contributed by atoms with van der Waals surface area (Å²) < 4.78 is 6.74. The Labute approximate surface area is 186 Å². The van der Waals surface area contributed by atoms with E-state index >= 15 is 0 Å². The van der Waals surface area contributed by atoms with Crippen LogP contribution in [0.15, 0.2) is 0 Å². The Morgan fingerprint density at radius 3 is 2.67 bits per heavy atom. The first kappa shape index (κ1) is 23.1. The summed E-state index contributed by atoms with van der Waals surface area (Å²) in [7, 11) is 0. The molecule has 10 atom stereocenters. The lowest BCUT2D eigenvalue weighted by Crippen LogP contribution is -2.45. The van der Waals surface area contributed by atoms with Crippen LogP contribution in [0.25, 0.3) is 0 Å². The number of aliphatic hydroxyl groups excluding tert-OH is 1. The van der Waals surface area contributed by atoms with E-state index < -0.39 is 0 Å². The summed E-state index contributed by atoms with van der Waals surface area (Å²) in [5, 5.41) is 9.39. The van der Waals surface area contributed by atoms with Crippen molar-refractivity contribution in [3.63, 3.8) is 0 Å². The second-order valence-electron chi connectivity index (χ2n) is 12.3. The van der Waals surface area contributed by atoms with Gasteiger partial charge in [-0.05, 0) is 91.8 Å². The molecule has 0 spiro atoms. The van der Waals surface area contributed by atoms with Gasteiger partial charge in [0.05, 0.1) is 12.2 Å². The summed E-state index contributed by atoms with van der Waals surface area (Å²) in [5.74, 6) is 5.85. The van der Waals surface area contributed by atoms with E-state index in [-0.39, 0.29) is 0 Å². The zero-order valence-corrected chi connectivity index (χ0v) is 20.5. The lowest BCUT2D eigenvalue weighted by molar-refractivity contribution is -0.0359. The Bertz CT molecular complexity index is 547. The zero-order chi connectivity index (χ0) is 21.3. The highest BCUT2D eigenvalue weighted by Gasteiger charge is 2.63. The third kappa shape index (κ3) is 4.39. The van der Waals surface area contributed by atoms with Crippen LogP contribution in [0, 0.1) is 46.8 Å². The Morgan fingerprint density at radius 2 is 1.90 bits per heavy atom. The van der Waals surface area contributed by atoms with E-state index in [1.165, 1.54) is 70.6 Å². The predicted molar refractivity (Wildman–Crippen MR) is 125 cm³/mol. The SMILES string of the molecule is CCCCCC[C@H]1CC[C@@H]2[C@H](CC[C@]3(C)C4C(C[C@@H]23)OC(CC[C@H](C)CO)[C@H]4C)C1. The van der Waals surface area contributed by atoms with Crippen LogP contribution >= 0.6 is 0 Å². The lowest BCUT2D eigenvalue weighted by atomic mass is 9.52. The van der Waals surface area contributed by atoms with Crippen molar-refractivity contribution in [2.45, 2.75) is 123 Å². The highest BCUT2D eigenvalue weighted by Crippen LogP contribution is 2.66. The Hall–Kier alpha value is -0.0800. The fourth-order valence-electron chi connectivity index (χ4n) is 8.75. The molecule has 1 aliphatic heterocycles. The summed E-state index contributed by atoms with van der Waals surface area (Å²) in [5.41, 5.74) is 0.524. The maximum Gasteiger partial charge on any atom is 0.0618 e. The number of hydrogen-bond acceptors (Lipinski definition) is 2. The summed E-state index contributed by atoms with van der Waals surface area (Å²) in [6.45, 7) is 9.96. The van der Waals surface area contributed by atoms with Gasteiger partial charge >= 0.3 is 0 Å². The molecule has 174 valence electrons. The third-order valence-corrected chi connectivity index (χ3v) is 10.4. The second kappa shape index (κ2) is 9.82. The van der Waals surface area contributed by atoms with Crippen molar-refractivity contribution in [2.75, 3.05) is 6.61 Å². The molecule has 0 aromatic carbocycles. The van der Waals surface area contributed by atoms with Gasteiger partial charge in [-0.2, -0.15) is 0 Å². The van der Waals surface area contributed by atoms with Crippen LogP contribution in [-0.2, 0) is 4.74 Å². The molecule has 30 heavy (non-hydrogen) atoms. The minimum Gasteiger partial charge on any atom is -0.396 e. The molecule has 4 rings (SSSR count). The molecule has 0 amide bonds. The van der Waals surface area contributed by atoms with Crippen molar-refractivity contribution >= 4 is 0 Å². The number of rotatable bonds is 9. The van der Waals surface area contributed by atoms with Crippen LogP contribution in [0.1, 0.15) is 111 Å². The Morgan fingerprint density at radius 1 is 1.07 bits per heavy atom. The third-order valence-electron chi connectivity index (χ3n) is 10.4. The van der Waals surface area contributed by atoms with Crippen LogP contribution in [0.2, 0.25) is 0 Å². The number of fused-ring (bicyclic) bond motifs is 5.